The molecule has 0 unspecified atom stereocenters. The van der Waals surface area contributed by atoms with Crippen molar-refractivity contribution in [2.24, 2.45) is 0 Å². The highest BCUT2D eigenvalue weighted by molar-refractivity contribution is 7.90. The Morgan fingerprint density at radius 2 is 1.70 bits per heavy atom. The second-order valence-electron chi connectivity index (χ2n) is 5.85. The average molecular weight is 394 g/mol. The second kappa shape index (κ2) is 6.54. The fraction of sp³-hybridized carbons (Fsp3) is 0. The summed E-state index contributed by atoms with van der Waals surface area (Å²) in [6.45, 7) is 0. The number of aromatic nitrogens is 2. The first-order valence-corrected chi connectivity index (χ1v) is 9.81. The van der Waals surface area contributed by atoms with Crippen molar-refractivity contribution in [2.45, 2.75) is 4.90 Å². The van der Waals surface area contributed by atoms with Crippen molar-refractivity contribution in [3.8, 4) is 17.2 Å². The molecule has 27 heavy (non-hydrogen) atoms. The summed E-state index contributed by atoms with van der Waals surface area (Å²) in [6, 6.07) is 20.5. The largest absolute Gasteiger partial charge is 0.268 e. The molecule has 0 aliphatic rings. The van der Waals surface area contributed by atoms with Crippen LogP contribution in [0.4, 0.5) is 0 Å². The number of hydrogen-bond donors (Lipinski definition) is 0. The van der Waals surface area contributed by atoms with Gasteiger partial charge in [-0.25, -0.2) is 17.4 Å². The van der Waals surface area contributed by atoms with E-state index in [-0.39, 0.29) is 10.0 Å². The number of halogens is 1. The van der Waals surface area contributed by atoms with Gasteiger partial charge >= 0.3 is 0 Å². The van der Waals surface area contributed by atoms with Crippen LogP contribution < -0.4 is 0 Å². The molecule has 0 N–H and O–H groups in total. The molecule has 0 bridgehead atoms. The van der Waals surface area contributed by atoms with Crippen molar-refractivity contribution >= 4 is 32.7 Å². The molecule has 4 rings (SSSR count). The van der Waals surface area contributed by atoms with Crippen LogP contribution in [0.25, 0.3) is 22.2 Å². The molecule has 0 aliphatic heterocycles. The molecule has 0 fully saturated rings. The minimum absolute atomic E-state index is 0.192. The fourth-order valence-corrected chi connectivity index (χ4v) is 4.46. The molecule has 132 valence electrons. The number of fused-ring (bicyclic) bond motifs is 1. The molecule has 0 spiro atoms. The highest BCUT2D eigenvalue weighted by Crippen LogP contribution is 2.31. The maximum atomic E-state index is 13.0. The van der Waals surface area contributed by atoms with Gasteiger partial charge in [0.25, 0.3) is 10.0 Å². The Kier molecular flexibility index (Phi) is 4.19. The van der Waals surface area contributed by atoms with Gasteiger partial charge in [-0.2, -0.15) is 5.26 Å². The summed E-state index contributed by atoms with van der Waals surface area (Å²) in [5.74, 6) is 0. The molecule has 0 saturated heterocycles. The molecule has 0 saturated carbocycles. The van der Waals surface area contributed by atoms with Gasteiger partial charge in [0.2, 0.25) is 0 Å². The Labute approximate surface area is 161 Å². The molecule has 2 aromatic heterocycles. The lowest BCUT2D eigenvalue weighted by atomic mass is 10.1. The van der Waals surface area contributed by atoms with Crippen LogP contribution in [0.2, 0.25) is 5.15 Å². The van der Waals surface area contributed by atoms with Crippen molar-refractivity contribution in [3.63, 3.8) is 0 Å². The van der Waals surface area contributed by atoms with E-state index in [1.54, 1.807) is 66.7 Å². The van der Waals surface area contributed by atoms with Crippen LogP contribution in [0.3, 0.4) is 0 Å². The third kappa shape index (κ3) is 2.97. The van der Waals surface area contributed by atoms with Crippen molar-refractivity contribution in [2.75, 3.05) is 0 Å². The van der Waals surface area contributed by atoms with Gasteiger partial charge in [0.1, 0.15) is 5.15 Å². The zero-order chi connectivity index (χ0) is 19.0. The van der Waals surface area contributed by atoms with Gasteiger partial charge in [-0.15, -0.1) is 0 Å². The summed E-state index contributed by atoms with van der Waals surface area (Å²) < 4.78 is 27.2. The predicted molar refractivity (Wildman–Crippen MR) is 104 cm³/mol. The van der Waals surface area contributed by atoms with Crippen LogP contribution in [0, 0.1) is 11.3 Å². The van der Waals surface area contributed by atoms with Crippen LogP contribution in [-0.4, -0.2) is 17.4 Å². The smallest absolute Gasteiger partial charge is 0.239 e. The molecule has 0 atom stereocenters. The normalized spacial score (nSPS) is 11.4. The Balaban J connectivity index is 1.91. The van der Waals surface area contributed by atoms with E-state index in [9.17, 15) is 8.42 Å². The second-order valence-corrected chi connectivity index (χ2v) is 8.02. The molecule has 0 aliphatic carbocycles. The third-order valence-corrected chi connectivity index (χ3v) is 6.21. The molecule has 0 radical (unpaired) electrons. The third-order valence-electron chi connectivity index (χ3n) is 4.21. The van der Waals surface area contributed by atoms with Gasteiger partial charge in [0, 0.05) is 11.8 Å². The average Bonchev–Trinajstić information content (AvgIpc) is 3.11. The number of hydrogen-bond acceptors (Lipinski definition) is 4. The molecule has 0 amide bonds. The van der Waals surface area contributed by atoms with Gasteiger partial charge in [-0.05, 0) is 42.0 Å². The van der Waals surface area contributed by atoms with Gasteiger partial charge in [0.05, 0.1) is 27.6 Å². The monoisotopic (exact) mass is 393 g/mol. The Morgan fingerprint density at radius 1 is 1.00 bits per heavy atom. The molecular formula is C20H12ClN3O2S. The van der Waals surface area contributed by atoms with Gasteiger partial charge in [0.15, 0.2) is 0 Å². The quantitative estimate of drug-likeness (QED) is 0.481. The summed E-state index contributed by atoms with van der Waals surface area (Å²) in [4.78, 5) is 4.53. The first kappa shape index (κ1) is 17.3. The standard InChI is InChI=1S/C20H12ClN3O2S/c21-20-17(15-8-6-14(13-22)7-9-15)12-19-18(23-20)10-11-24(19)27(25,26)16-4-2-1-3-5-16/h1-12H. The highest BCUT2D eigenvalue weighted by Gasteiger charge is 2.20. The van der Waals surface area contributed by atoms with Crippen LogP contribution in [0.5, 0.6) is 0 Å². The lowest BCUT2D eigenvalue weighted by Gasteiger charge is -2.09. The van der Waals surface area contributed by atoms with Crippen LogP contribution in [0.1, 0.15) is 5.56 Å². The fourth-order valence-electron chi connectivity index (χ4n) is 2.85. The molecule has 7 heteroatoms. The Morgan fingerprint density at radius 3 is 2.37 bits per heavy atom. The van der Waals surface area contributed by atoms with E-state index in [0.29, 0.717) is 22.2 Å². The molecule has 2 aromatic carbocycles. The molecule has 4 aromatic rings. The first-order chi connectivity index (χ1) is 13.0. The van der Waals surface area contributed by atoms with Crippen LogP contribution >= 0.6 is 11.6 Å². The first-order valence-electron chi connectivity index (χ1n) is 7.99. The van der Waals surface area contributed by atoms with Crippen LogP contribution in [0.15, 0.2) is 77.8 Å². The molecular weight excluding hydrogens is 382 g/mol. The predicted octanol–water partition coefficient (Wildman–Crippen LogP) is 4.47. The summed E-state index contributed by atoms with van der Waals surface area (Å²) in [5.41, 5.74) is 2.79. The van der Waals surface area contributed by atoms with Gasteiger partial charge in [-0.3, -0.25) is 0 Å². The van der Waals surface area contributed by atoms with Crippen LogP contribution in [-0.2, 0) is 10.0 Å². The number of benzene rings is 2. The van der Waals surface area contributed by atoms with E-state index >= 15 is 0 Å². The lowest BCUT2D eigenvalue weighted by Crippen LogP contribution is -2.11. The number of nitriles is 1. The maximum absolute atomic E-state index is 13.0. The number of nitrogens with zero attached hydrogens (tertiary/aromatic N) is 3. The van der Waals surface area contributed by atoms with E-state index in [2.05, 4.69) is 11.1 Å². The van der Waals surface area contributed by atoms with Gasteiger partial charge < -0.3 is 0 Å². The van der Waals surface area contributed by atoms with Crippen molar-refractivity contribution < 1.29 is 8.42 Å². The number of rotatable bonds is 3. The number of pyridine rings is 1. The SMILES string of the molecule is N#Cc1ccc(-c2cc3c(ccn3S(=O)(=O)c3ccccc3)nc2Cl)cc1. The van der Waals surface area contributed by atoms with E-state index in [1.165, 1.54) is 10.2 Å². The topological polar surface area (TPSA) is 75.8 Å². The zero-order valence-corrected chi connectivity index (χ0v) is 15.4. The zero-order valence-electron chi connectivity index (χ0n) is 13.9. The van der Waals surface area contributed by atoms with E-state index in [4.69, 9.17) is 16.9 Å². The summed E-state index contributed by atoms with van der Waals surface area (Å²) in [7, 11) is -3.75. The van der Waals surface area contributed by atoms with Crippen molar-refractivity contribution in [3.05, 3.63) is 83.6 Å². The summed E-state index contributed by atoms with van der Waals surface area (Å²) >= 11 is 6.32. The summed E-state index contributed by atoms with van der Waals surface area (Å²) in [6.07, 6.45) is 1.47. The molecule has 2 heterocycles. The Bertz CT molecular complexity index is 1290. The van der Waals surface area contributed by atoms with E-state index < -0.39 is 10.0 Å². The summed E-state index contributed by atoms with van der Waals surface area (Å²) in [5, 5.41) is 9.21. The minimum Gasteiger partial charge on any atom is -0.239 e. The molecule has 5 nitrogen and oxygen atoms in total. The van der Waals surface area contributed by atoms with E-state index in [0.717, 1.165) is 5.56 Å². The van der Waals surface area contributed by atoms with Crippen molar-refractivity contribution in [1.29, 1.82) is 5.26 Å². The minimum atomic E-state index is -3.75. The highest BCUT2D eigenvalue weighted by atomic mass is 35.5. The van der Waals surface area contributed by atoms with Gasteiger partial charge in [-0.1, -0.05) is 41.9 Å². The Hall–Kier alpha value is -3.14. The maximum Gasteiger partial charge on any atom is 0.268 e. The lowest BCUT2D eigenvalue weighted by molar-refractivity contribution is 0.589. The van der Waals surface area contributed by atoms with Crippen molar-refractivity contribution in [1.82, 2.24) is 8.96 Å². The van der Waals surface area contributed by atoms with E-state index in [1.807, 2.05) is 0 Å².